The first-order chi connectivity index (χ1) is 9.96. The van der Waals surface area contributed by atoms with Crippen molar-refractivity contribution in [3.05, 3.63) is 38.9 Å². The summed E-state index contributed by atoms with van der Waals surface area (Å²) in [7, 11) is 0. The van der Waals surface area contributed by atoms with Gasteiger partial charge >= 0.3 is 0 Å². The second-order valence-corrected chi connectivity index (χ2v) is 5.05. The number of nitrogens with zero attached hydrogens (tertiary/aromatic N) is 2. The zero-order valence-corrected chi connectivity index (χ0v) is 12.8. The van der Waals surface area contributed by atoms with Crippen molar-refractivity contribution >= 4 is 23.2 Å². The van der Waals surface area contributed by atoms with Crippen molar-refractivity contribution in [2.75, 3.05) is 13.2 Å². The van der Waals surface area contributed by atoms with Crippen LogP contribution in [0.4, 0.5) is 5.69 Å². The van der Waals surface area contributed by atoms with Gasteiger partial charge in [-0.2, -0.15) is 0 Å². The molecule has 0 heterocycles. The van der Waals surface area contributed by atoms with Gasteiger partial charge in [0.1, 0.15) is 5.56 Å². The monoisotopic (exact) mass is 314 g/mol. The topological polar surface area (TPSA) is 83.7 Å². The number of amides is 1. The number of rotatable bonds is 7. The number of hydrogen-bond donors (Lipinski definition) is 1. The molecule has 0 bridgehead atoms. The molecule has 0 spiro atoms. The molecule has 1 N–H and O–H groups in total. The number of benzene rings is 1. The molecular formula is C14H19ClN2O4. The van der Waals surface area contributed by atoms with E-state index in [1.165, 1.54) is 23.1 Å². The van der Waals surface area contributed by atoms with Gasteiger partial charge in [-0.15, -0.1) is 0 Å². The smallest absolute Gasteiger partial charge is 0.283 e. The van der Waals surface area contributed by atoms with Crippen LogP contribution in [0.3, 0.4) is 0 Å². The maximum absolute atomic E-state index is 12.6. The molecule has 1 aromatic rings. The van der Waals surface area contributed by atoms with Crippen LogP contribution in [0.15, 0.2) is 18.2 Å². The lowest BCUT2D eigenvalue weighted by atomic mass is 10.1. The molecule has 0 unspecified atom stereocenters. The van der Waals surface area contributed by atoms with E-state index in [-0.39, 0.29) is 35.5 Å². The van der Waals surface area contributed by atoms with Gasteiger partial charge in [0.2, 0.25) is 0 Å². The van der Waals surface area contributed by atoms with Crippen LogP contribution >= 0.6 is 11.6 Å². The Bertz CT molecular complexity index is 518. The van der Waals surface area contributed by atoms with Gasteiger partial charge in [-0.1, -0.05) is 25.4 Å². The second kappa shape index (κ2) is 7.95. The molecule has 1 aromatic carbocycles. The van der Waals surface area contributed by atoms with Crippen LogP contribution in [-0.2, 0) is 0 Å². The summed E-state index contributed by atoms with van der Waals surface area (Å²) < 4.78 is 0. The minimum Gasteiger partial charge on any atom is -0.395 e. The maximum atomic E-state index is 12.6. The first-order valence-corrected chi connectivity index (χ1v) is 7.19. The number of carbonyl (C=O) groups is 1. The third-order valence-electron chi connectivity index (χ3n) is 3.37. The molecule has 0 atom stereocenters. The van der Waals surface area contributed by atoms with Crippen LogP contribution in [-0.4, -0.2) is 40.0 Å². The number of aliphatic hydroxyl groups excluding tert-OH is 1. The highest BCUT2D eigenvalue weighted by molar-refractivity contribution is 6.31. The molecule has 1 rings (SSSR count). The number of aliphatic hydroxyl groups is 1. The van der Waals surface area contributed by atoms with E-state index in [4.69, 9.17) is 16.7 Å². The maximum Gasteiger partial charge on any atom is 0.283 e. The van der Waals surface area contributed by atoms with E-state index in [1.54, 1.807) is 0 Å². The fraction of sp³-hybridized carbons (Fsp3) is 0.500. The molecule has 6 nitrogen and oxygen atoms in total. The van der Waals surface area contributed by atoms with Crippen LogP contribution in [0.25, 0.3) is 0 Å². The molecule has 0 aliphatic rings. The van der Waals surface area contributed by atoms with E-state index >= 15 is 0 Å². The molecule has 0 aliphatic heterocycles. The highest BCUT2D eigenvalue weighted by Crippen LogP contribution is 2.25. The van der Waals surface area contributed by atoms with Crippen molar-refractivity contribution < 1.29 is 14.8 Å². The lowest BCUT2D eigenvalue weighted by Gasteiger charge is -2.30. The van der Waals surface area contributed by atoms with Gasteiger partial charge in [0.05, 0.1) is 11.5 Å². The van der Waals surface area contributed by atoms with Crippen LogP contribution in [0.2, 0.25) is 5.02 Å². The molecule has 0 aliphatic carbocycles. The summed E-state index contributed by atoms with van der Waals surface area (Å²) in [4.78, 5) is 24.6. The Morgan fingerprint density at radius 1 is 1.43 bits per heavy atom. The molecule has 21 heavy (non-hydrogen) atoms. The van der Waals surface area contributed by atoms with Crippen molar-refractivity contribution in [3.8, 4) is 0 Å². The molecule has 0 saturated carbocycles. The van der Waals surface area contributed by atoms with Gasteiger partial charge < -0.3 is 10.0 Å². The fourth-order valence-electron chi connectivity index (χ4n) is 2.28. The van der Waals surface area contributed by atoms with Crippen molar-refractivity contribution in [2.24, 2.45) is 0 Å². The Morgan fingerprint density at radius 3 is 2.52 bits per heavy atom. The molecule has 116 valence electrons. The first kappa shape index (κ1) is 17.4. The lowest BCUT2D eigenvalue weighted by Crippen LogP contribution is -2.41. The SMILES string of the molecule is CCC(CC)N(CCO)C(=O)c1ccc(Cl)cc1[N+](=O)[O-]. The van der Waals surface area contributed by atoms with Gasteiger partial charge in [0, 0.05) is 23.7 Å². The zero-order chi connectivity index (χ0) is 16.0. The Kier molecular flexibility index (Phi) is 6.58. The Balaban J connectivity index is 3.23. The summed E-state index contributed by atoms with van der Waals surface area (Å²) in [5.41, 5.74) is -0.328. The zero-order valence-electron chi connectivity index (χ0n) is 12.1. The number of halogens is 1. The van der Waals surface area contributed by atoms with E-state index < -0.39 is 10.8 Å². The van der Waals surface area contributed by atoms with Gasteiger partial charge in [-0.25, -0.2) is 0 Å². The van der Waals surface area contributed by atoms with Crippen molar-refractivity contribution in [1.29, 1.82) is 0 Å². The van der Waals surface area contributed by atoms with Crippen LogP contribution in [0, 0.1) is 10.1 Å². The number of hydrogen-bond acceptors (Lipinski definition) is 4. The lowest BCUT2D eigenvalue weighted by molar-refractivity contribution is -0.385. The largest absolute Gasteiger partial charge is 0.395 e. The molecule has 7 heteroatoms. The van der Waals surface area contributed by atoms with E-state index in [2.05, 4.69) is 0 Å². The Labute approximate surface area is 128 Å². The number of carbonyl (C=O) groups excluding carboxylic acids is 1. The van der Waals surface area contributed by atoms with Crippen molar-refractivity contribution in [3.63, 3.8) is 0 Å². The number of nitro groups is 1. The first-order valence-electron chi connectivity index (χ1n) is 6.81. The van der Waals surface area contributed by atoms with Crippen molar-refractivity contribution in [1.82, 2.24) is 4.90 Å². The molecular weight excluding hydrogens is 296 g/mol. The normalized spacial score (nSPS) is 10.7. The molecule has 1 amide bonds. The summed E-state index contributed by atoms with van der Waals surface area (Å²) in [5, 5.41) is 20.4. The average molecular weight is 315 g/mol. The van der Waals surface area contributed by atoms with E-state index in [1.807, 2.05) is 13.8 Å². The average Bonchev–Trinajstić information content (AvgIpc) is 2.46. The molecule has 0 aromatic heterocycles. The van der Waals surface area contributed by atoms with Crippen LogP contribution in [0.5, 0.6) is 0 Å². The summed E-state index contributed by atoms with van der Waals surface area (Å²) in [6, 6.07) is 3.90. The highest BCUT2D eigenvalue weighted by Gasteiger charge is 2.28. The van der Waals surface area contributed by atoms with Gasteiger partial charge in [0.15, 0.2) is 0 Å². The predicted molar refractivity (Wildman–Crippen MR) is 80.6 cm³/mol. The predicted octanol–water partition coefficient (Wildman–Crippen LogP) is 2.87. The Morgan fingerprint density at radius 2 is 2.05 bits per heavy atom. The Hall–Kier alpha value is -1.66. The van der Waals surface area contributed by atoms with E-state index in [0.717, 1.165) is 0 Å². The van der Waals surface area contributed by atoms with E-state index in [9.17, 15) is 14.9 Å². The molecule has 0 saturated heterocycles. The molecule has 0 radical (unpaired) electrons. The quantitative estimate of drug-likeness (QED) is 0.619. The second-order valence-electron chi connectivity index (χ2n) is 4.61. The third kappa shape index (κ3) is 4.15. The minimum atomic E-state index is -0.622. The summed E-state index contributed by atoms with van der Waals surface area (Å²) in [6.45, 7) is 3.82. The van der Waals surface area contributed by atoms with Crippen molar-refractivity contribution in [2.45, 2.75) is 32.7 Å². The fourth-order valence-corrected chi connectivity index (χ4v) is 2.44. The third-order valence-corrected chi connectivity index (χ3v) is 3.61. The van der Waals surface area contributed by atoms with Crippen LogP contribution < -0.4 is 0 Å². The summed E-state index contributed by atoms with van der Waals surface area (Å²) >= 11 is 5.75. The van der Waals surface area contributed by atoms with E-state index in [0.29, 0.717) is 12.8 Å². The number of nitro benzene ring substituents is 1. The standard InChI is InChI=1S/C14H19ClN2O4/c1-3-11(4-2)16(7-8-18)14(19)12-6-5-10(15)9-13(12)17(20)21/h5-6,9,11,18H,3-4,7-8H2,1-2H3. The molecule has 0 fully saturated rings. The summed E-state index contributed by atoms with van der Waals surface area (Å²) in [6.07, 6.45) is 1.42. The summed E-state index contributed by atoms with van der Waals surface area (Å²) in [5.74, 6) is -0.457. The van der Waals surface area contributed by atoms with Gasteiger partial charge in [-0.3, -0.25) is 14.9 Å². The highest BCUT2D eigenvalue weighted by atomic mass is 35.5. The minimum absolute atomic E-state index is 0.00949. The van der Waals surface area contributed by atoms with Crippen LogP contribution in [0.1, 0.15) is 37.0 Å². The van der Waals surface area contributed by atoms with Gasteiger partial charge in [-0.05, 0) is 25.0 Å². The van der Waals surface area contributed by atoms with Gasteiger partial charge in [0.25, 0.3) is 11.6 Å².